The highest BCUT2D eigenvalue weighted by Crippen LogP contribution is 2.26. The summed E-state index contributed by atoms with van der Waals surface area (Å²) in [6.07, 6.45) is 4.72. The number of carbonyl (C=O) groups excluding carboxylic acids is 1. The molecule has 0 aliphatic heterocycles. The standard InChI is InChI=1S/C10H15NO2/c1-7-4-9(13)3-2-8(6-12)10(7)5-11/h2-3,6-7,10,12H,4-5,11H2,1H3. The number of allylic oxidation sites excluding steroid dienone is 2. The Kier molecular flexibility index (Phi) is 3.25. The zero-order valence-electron chi connectivity index (χ0n) is 7.73. The molecule has 0 aromatic heterocycles. The average molecular weight is 181 g/mol. The number of aliphatic hydroxyl groups excluding tert-OH is 1. The second-order valence-electron chi connectivity index (χ2n) is 3.45. The number of ketones is 1. The highest BCUT2D eigenvalue weighted by molar-refractivity contribution is 5.90. The maximum Gasteiger partial charge on any atom is 0.155 e. The van der Waals surface area contributed by atoms with E-state index in [1.807, 2.05) is 6.92 Å². The Morgan fingerprint density at radius 2 is 2.38 bits per heavy atom. The Morgan fingerprint density at radius 1 is 1.69 bits per heavy atom. The van der Waals surface area contributed by atoms with Gasteiger partial charge in [-0.3, -0.25) is 4.79 Å². The van der Waals surface area contributed by atoms with E-state index in [-0.39, 0.29) is 17.6 Å². The topological polar surface area (TPSA) is 63.3 Å². The summed E-state index contributed by atoms with van der Waals surface area (Å²) < 4.78 is 0. The molecule has 1 aliphatic rings. The molecule has 0 saturated carbocycles. The van der Waals surface area contributed by atoms with Crippen LogP contribution in [-0.4, -0.2) is 17.4 Å². The summed E-state index contributed by atoms with van der Waals surface area (Å²) in [6, 6.07) is 0. The van der Waals surface area contributed by atoms with Crippen molar-refractivity contribution in [2.75, 3.05) is 6.54 Å². The van der Waals surface area contributed by atoms with Crippen molar-refractivity contribution in [1.29, 1.82) is 0 Å². The molecule has 0 spiro atoms. The van der Waals surface area contributed by atoms with Crippen molar-refractivity contribution in [3.63, 3.8) is 0 Å². The van der Waals surface area contributed by atoms with Gasteiger partial charge >= 0.3 is 0 Å². The maximum atomic E-state index is 11.2. The number of hydrogen-bond acceptors (Lipinski definition) is 3. The van der Waals surface area contributed by atoms with Crippen LogP contribution in [0.4, 0.5) is 0 Å². The molecule has 2 atom stereocenters. The van der Waals surface area contributed by atoms with Crippen LogP contribution >= 0.6 is 0 Å². The highest BCUT2D eigenvalue weighted by atomic mass is 16.2. The van der Waals surface area contributed by atoms with Gasteiger partial charge in [-0.25, -0.2) is 0 Å². The molecule has 0 heterocycles. The lowest BCUT2D eigenvalue weighted by atomic mass is 9.86. The molecule has 0 radical (unpaired) electrons. The van der Waals surface area contributed by atoms with Gasteiger partial charge in [0.05, 0.1) is 6.26 Å². The van der Waals surface area contributed by atoms with Gasteiger partial charge in [-0.2, -0.15) is 0 Å². The van der Waals surface area contributed by atoms with Gasteiger partial charge in [-0.05, 0) is 24.1 Å². The third-order valence-corrected chi connectivity index (χ3v) is 2.50. The average Bonchev–Trinajstić information content (AvgIpc) is 2.23. The molecule has 0 aromatic carbocycles. The van der Waals surface area contributed by atoms with Crippen molar-refractivity contribution < 1.29 is 9.90 Å². The smallest absolute Gasteiger partial charge is 0.155 e. The van der Waals surface area contributed by atoms with Gasteiger partial charge in [0.15, 0.2) is 5.78 Å². The van der Waals surface area contributed by atoms with E-state index >= 15 is 0 Å². The van der Waals surface area contributed by atoms with Gasteiger partial charge in [-0.15, -0.1) is 0 Å². The molecular weight excluding hydrogens is 166 g/mol. The van der Waals surface area contributed by atoms with Crippen molar-refractivity contribution in [2.24, 2.45) is 17.6 Å². The van der Waals surface area contributed by atoms with E-state index < -0.39 is 0 Å². The van der Waals surface area contributed by atoms with Gasteiger partial charge in [0.2, 0.25) is 0 Å². The molecule has 3 heteroatoms. The van der Waals surface area contributed by atoms with Crippen LogP contribution in [0, 0.1) is 11.8 Å². The predicted molar refractivity (Wildman–Crippen MR) is 51.2 cm³/mol. The Balaban J connectivity index is 2.92. The van der Waals surface area contributed by atoms with E-state index in [0.717, 1.165) is 11.8 Å². The molecule has 3 N–H and O–H groups in total. The van der Waals surface area contributed by atoms with Crippen LogP contribution in [0.5, 0.6) is 0 Å². The lowest BCUT2D eigenvalue weighted by molar-refractivity contribution is -0.115. The summed E-state index contributed by atoms with van der Waals surface area (Å²) in [5.74, 6) is 0.390. The normalized spacial score (nSPS) is 32.2. The zero-order valence-corrected chi connectivity index (χ0v) is 7.73. The molecule has 2 unspecified atom stereocenters. The summed E-state index contributed by atoms with van der Waals surface area (Å²) in [7, 11) is 0. The van der Waals surface area contributed by atoms with Crippen LogP contribution in [0.15, 0.2) is 24.0 Å². The van der Waals surface area contributed by atoms with Gasteiger partial charge in [0, 0.05) is 12.3 Å². The molecule has 1 rings (SSSR count). The summed E-state index contributed by atoms with van der Waals surface area (Å²) in [5, 5.41) is 8.94. The fourth-order valence-electron chi connectivity index (χ4n) is 1.68. The minimum Gasteiger partial charge on any atom is -0.515 e. The van der Waals surface area contributed by atoms with Crippen LogP contribution in [0.25, 0.3) is 0 Å². The Labute approximate surface area is 77.9 Å². The van der Waals surface area contributed by atoms with Crippen LogP contribution < -0.4 is 5.73 Å². The van der Waals surface area contributed by atoms with Gasteiger partial charge < -0.3 is 10.8 Å². The van der Waals surface area contributed by atoms with Crippen molar-refractivity contribution in [1.82, 2.24) is 0 Å². The summed E-state index contributed by atoms with van der Waals surface area (Å²) >= 11 is 0. The number of hydrogen-bond donors (Lipinski definition) is 2. The van der Waals surface area contributed by atoms with E-state index in [0.29, 0.717) is 13.0 Å². The van der Waals surface area contributed by atoms with E-state index in [4.69, 9.17) is 10.8 Å². The molecule has 1 aliphatic carbocycles. The fraction of sp³-hybridized carbons (Fsp3) is 0.500. The SMILES string of the molecule is CC1CC(=O)C=CC(=CO)C1CN. The monoisotopic (exact) mass is 181 g/mol. The molecule has 0 fully saturated rings. The third kappa shape index (κ3) is 2.18. The maximum absolute atomic E-state index is 11.2. The molecular formula is C10H15NO2. The molecule has 13 heavy (non-hydrogen) atoms. The van der Waals surface area contributed by atoms with Gasteiger partial charge in [-0.1, -0.05) is 13.0 Å². The first-order valence-corrected chi connectivity index (χ1v) is 4.44. The lowest BCUT2D eigenvalue weighted by Crippen LogP contribution is -2.23. The molecule has 0 saturated heterocycles. The highest BCUT2D eigenvalue weighted by Gasteiger charge is 2.23. The first kappa shape index (κ1) is 9.99. The van der Waals surface area contributed by atoms with Gasteiger partial charge in [0.1, 0.15) is 0 Å². The van der Waals surface area contributed by atoms with E-state index in [2.05, 4.69) is 0 Å². The molecule has 72 valence electrons. The summed E-state index contributed by atoms with van der Waals surface area (Å²) in [6.45, 7) is 2.44. The van der Waals surface area contributed by atoms with Crippen LogP contribution in [0.1, 0.15) is 13.3 Å². The Bertz CT molecular complexity index is 256. The Hall–Kier alpha value is -1.09. The van der Waals surface area contributed by atoms with Crippen LogP contribution in [0.3, 0.4) is 0 Å². The first-order valence-electron chi connectivity index (χ1n) is 4.44. The second-order valence-corrected chi connectivity index (χ2v) is 3.45. The van der Waals surface area contributed by atoms with Crippen molar-refractivity contribution in [2.45, 2.75) is 13.3 Å². The minimum absolute atomic E-state index is 0.0905. The fourth-order valence-corrected chi connectivity index (χ4v) is 1.68. The molecule has 3 nitrogen and oxygen atoms in total. The van der Waals surface area contributed by atoms with Crippen molar-refractivity contribution in [3.8, 4) is 0 Å². The number of nitrogens with two attached hydrogens (primary N) is 1. The Morgan fingerprint density at radius 3 is 2.92 bits per heavy atom. The zero-order chi connectivity index (χ0) is 9.84. The molecule has 0 amide bonds. The first-order chi connectivity index (χ1) is 6.19. The van der Waals surface area contributed by atoms with E-state index in [1.54, 1.807) is 6.08 Å². The minimum atomic E-state index is 0.0905. The van der Waals surface area contributed by atoms with Crippen molar-refractivity contribution >= 4 is 5.78 Å². The quantitative estimate of drug-likeness (QED) is 0.597. The predicted octanol–water partition coefficient (Wildman–Crippen LogP) is 1.17. The summed E-state index contributed by atoms with van der Waals surface area (Å²) in [4.78, 5) is 11.2. The van der Waals surface area contributed by atoms with Crippen LogP contribution in [-0.2, 0) is 4.79 Å². The molecule has 0 aromatic rings. The van der Waals surface area contributed by atoms with E-state index in [1.165, 1.54) is 6.08 Å². The second kappa shape index (κ2) is 4.23. The molecule has 0 bridgehead atoms. The summed E-state index contributed by atoms with van der Waals surface area (Å²) in [5.41, 5.74) is 6.33. The number of carbonyl (C=O) groups is 1. The lowest BCUT2D eigenvalue weighted by Gasteiger charge is -2.19. The number of aliphatic hydroxyl groups is 1. The van der Waals surface area contributed by atoms with Gasteiger partial charge in [0.25, 0.3) is 0 Å². The largest absolute Gasteiger partial charge is 0.515 e. The van der Waals surface area contributed by atoms with Crippen LogP contribution in [0.2, 0.25) is 0 Å². The third-order valence-electron chi connectivity index (χ3n) is 2.50. The number of rotatable bonds is 1. The van der Waals surface area contributed by atoms with Crippen molar-refractivity contribution in [3.05, 3.63) is 24.0 Å². The van der Waals surface area contributed by atoms with E-state index in [9.17, 15) is 4.79 Å².